The molecule has 13 heteroatoms. The Bertz CT molecular complexity index is 877. The molecule has 4 atom stereocenters. The quantitative estimate of drug-likeness (QED) is 0.409. The highest BCUT2D eigenvalue weighted by atomic mass is 32.1. The maximum atomic E-state index is 13.4. The fraction of sp³-hybridized carbons (Fsp3) is 0.579. The average molecular weight is 468 g/mol. The van der Waals surface area contributed by atoms with E-state index in [0.29, 0.717) is 25.1 Å². The zero-order chi connectivity index (χ0) is 23.3. The summed E-state index contributed by atoms with van der Waals surface area (Å²) in [6.07, 6.45) is -0.248. The molecule has 174 valence electrons. The summed E-state index contributed by atoms with van der Waals surface area (Å²) in [5.74, 6) is -2.08. The molecular weight excluding hydrogens is 442 g/mol. The molecule has 0 radical (unpaired) electrons. The molecule has 3 heterocycles. The number of aromatic nitrogens is 1. The molecule has 2 fully saturated rings. The Morgan fingerprint density at radius 1 is 1.38 bits per heavy atom. The molecule has 1 aromatic rings. The van der Waals surface area contributed by atoms with Crippen molar-refractivity contribution >= 4 is 41.1 Å². The first kappa shape index (κ1) is 23.4. The normalized spacial score (nSPS) is 23.1. The van der Waals surface area contributed by atoms with Crippen LogP contribution in [0.2, 0.25) is 0 Å². The number of hydrogen-bond acceptors (Lipinski definition) is 9. The maximum absolute atomic E-state index is 13.4. The van der Waals surface area contributed by atoms with Crippen molar-refractivity contribution in [1.82, 2.24) is 25.8 Å². The number of likely N-dealkylation sites (tertiary alicyclic amines) is 1. The molecule has 2 aliphatic heterocycles. The van der Waals surface area contributed by atoms with Crippen LogP contribution in [0.1, 0.15) is 25.5 Å². The predicted octanol–water partition coefficient (Wildman–Crippen LogP) is -1.05. The third-order valence-corrected chi connectivity index (χ3v) is 5.94. The number of nitrogens with one attached hydrogen (secondary N) is 3. The zero-order valence-corrected chi connectivity index (χ0v) is 18.5. The number of nitrogens with zero attached hydrogens (tertiary/aromatic N) is 2. The second-order valence-corrected chi connectivity index (χ2v) is 8.18. The molecule has 3 rings (SSSR count). The lowest BCUT2D eigenvalue weighted by atomic mass is 10.1. The van der Waals surface area contributed by atoms with Gasteiger partial charge in [-0.1, -0.05) is 0 Å². The standard InChI is InChI=1S/C19H25N5O7S/c1-10-15(23-19(29)31-10)17(27)22-12(6-11-8-32-9-21-11)18(28)24-5-3-4-13(24)16(26)20-7-14(25)30-2/h8-10,12-13,15H,3-7H2,1-2H3,(H,20,26)(H,22,27)(H,23,29). The molecular formula is C19H25N5O7S. The number of amides is 4. The van der Waals surface area contributed by atoms with Gasteiger partial charge >= 0.3 is 12.1 Å². The minimum Gasteiger partial charge on any atom is -0.468 e. The SMILES string of the molecule is COC(=O)CNC(=O)C1CCCN1C(=O)C(Cc1cscn1)NC(=O)C1NC(=O)OC1C. The summed E-state index contributed by atoms with van der Waals surface area (Å²) in [5.41, 5.74) is 2.23. The van der Waals surface area contributed by atoms with Gasteiger partial charge in [-0.05, 0) is 19.8 Å². The minimum absolute atomic E-state index is 0.122. The molecule has 1 aromatic heterocycles. The molecule has 0 aromatic carbocycles. The third-order valence-electron chi connectivity index (χ3n) is 5.30. The molecule has 0 bridgehead atoms. The summed E-state index contributed by atoms with van der Waals surface area (Å²) < 4.78 is 9.45. The average Bonchev–Trinajstić information content (AvgIpc) is 3.51. The highest BCUT2D eigenvalue weighted by molar-refractivity contribution is 7.07. The number of ether oxygens (including phenoxy) is 2. The Morgan fingerprint density at radius 2 is 2.16 bits per heavy atom. The van der Waals surface area contributed by atoms with Crippen LogP contribution >= 0.6 is 11.3 Å². The molecule has 4 unspecified atom stereocenters. The number of carbonyl (C=O) groups is 5. The molecule has 0 spiro atoms. The van der Waals surface area contributed by atoms with E-state index in [-0.39, 0.29) is 13.0 Å². The summed E-state index contributed by atoms with van der Waals surface area (Å²) >= 11 is 1.35. The molecule has 0 saturated carbocycles. The molecule has 2 saturated heterocycles. The fourth-order valence-electron chi connectivity index (χ4n) is 3.66. The summed E-state index contributed by atoms with van der Waals surface area (Å²) in [6, 6.07) is -2.70. The fourth-order valence-corrected chi connectivity index (χ4v) is 4.23. The van der Waals surface area contributed by atoms with Gasteiger partial charge in [0, 0.05) is 18.3 Å². The van der Waals surface area contributed by atoms with Crippen LogP contribution in [0.25, 0.3) is 0 Å². The van der Waals surface area contributed by atoms with Gasteiger partial charge in [0.1, 0.15) is 30.8 Å². The molecule has 0 aliphatic carbocycles. The number of hydrogen-bond donors (Lipinski definition) is 3. The number of alkyl carbamates (subject to hydrolysis) is 1. The first-order valence-electron chi connectivity index (χ1n) is 10.1. The molecule has 2 aliphatic rings. The van der Waals surface area contributed by atoms with Crippen LogP contribution in [-0.4, -0.2) is 84.1 Å². The van der Waals surface area contributed by atoms with E-state index in [2.05, 4.69) is 25.7 Å². The van der Waals surface area contributed by atoms with Gasteiger partial charge < -0.3 is 30.3 Å². The smallest absolute Gasteiger partial charge is 0.408 e. The summed E-state index contributed by atoms with van der Waals surface area (Å²) in [5, 5.41) is 9.33. The molecule has 12 nitrogen and oxygen atoms in total. The van der Waals surface area contributed by atoms with Crippen molar-refractivity contribution in [3.8, 4) is 0 Å². The van der Waals surface area contributed by atoms with Crippen molar-refractivity contribution in [1.29, 1.82) is 0 Å². The van der Waals surface area contributed by atoms with Crippen LogP contribution in [0.3, 0.4) is 0 Å². The second kappa shape index (κ2) is 10.4. The van der Waals surface area contributed by atoms with Crippen molar-refractivity contribution in [2.24, 2.45) is 0 Å². The van der Waals surface area contributed by atoms with E-state index in [1.807, 2.05) is 0 Å². The Morgan fingerprint density at radius 3 is 2.78 bits per heavy atom. The summed E-state index contributed by atoms with van der Waals surface area (Å²) in [4.78, 5) is 67.0. The van der Waals surface area contributed by atoms with Gasteiger partial charge in [-0.15, -0.1) is 11.3 Å². The van der Waals surface area contributed by atoms with Crippen LogP contribution in [0.4, 0.5) is 4.79 Å². The number of rotatable bonds is 8. The maximum Gasteiger partial charge on any atom is 0.408 e. The van der Waals surface area contributed by atoms with E-state index in [0.717, 1.165) is 0 Å². The van der Waals surface area contributed by atoms with Crippen molar-refractivity contribution < 1.29 is 33.4 Å². The lowest BCUT2D eigenvalue weighted by Gasteiger charge is -2.29. The van der Waals surface area contributed by atoms with E-state index in [9.17, 15) is 24.0 Å². The number of methoxy groups -OCH3 is 1. The summed E-state index contributed by atoms with van der Waals surface area (Å²) in [7, 11) is 1.21. The van der Waals surface area contributed by atoms with E-state index >= 15 is 0 Å². The van der Waals surface area contributed by atoms with Gasteiger partial charge in [0.2, 0.25) is 17.7 Å². The van der Waals surface area contributed by atoms with Crippen molar-refractivity contribution in [2.45, 2.75) is 50.4 Å². The topological polar surface area (TPSA) is 156 Å². The van der Waals surface area contributed by atoms with Crippen LogP contribution in [0, 0.1) is 0 Å². The van der Waals surface area contributed by atoms with Gasteiger partial charge in [0.15, 0.2) is 0 Å². The van der Waals surface area contributed by atoms with Gasteiger partial charge in [0.25, 0.3) is 0 Å². The zero-order valence-electron chi connectivity index (χ0n) is 17.7. The van der Waals surface area contributed by atoms with Crippen molar-refractivity contribution in [3.63, 3.8) is 0 Å². The van der Waals surface area contributed by atoms with E-state index in [4.69, 9.17) is 4.74 Å². The van der Waals surface area contributed by atoms with Gasteiger partial charge in [0.05, 0.1) is 18.3 Å². The Balaban J connectivity index is 1.72. The third kappa shape index (κ3) is 5.52. The summed E-state index contributed by atoms with van der Waals surface area (Å²) in [6.45, 7) is 1.60. The molecule has 3 N–H and O–H groups in total. The van der Waals surface area contributed by atoms with Gasteiger partial charge in [-0.2, -0.15) is 0 Å². The predicted molar refractivity (Wildman–Crippen MR) is 110 cm³/mol. The Labute approximate surface area is 188 Å². The van der Waals surface area contributed by atoms with Crippen LogP contribution in [0.5, 0.6) is 0 Å². The lowest BCUT2D eigenvalue weighted by molar-refractivity contribution is -0.144. The van der Waals surface area contributed by atoms with Gasteiger partial charge in [-0.25, -0.2) is 9.78 Å². The van der Waals surface area contributed by atoms with Crippen LogP contribution in [0.15, 0.2) is 10.9 Å². The Kier molecular flexibility index (Phi) is 7.62. The van der Waals surface area contributed by atoms with Crippen LogP contribution < -0.4 is 16.0 Å². The molecule has 32 heavy (non-hydrogen) atoms. The number of esters is 1. The minimum atomic E-state index is -0.997. The van der Waals surface area contributed by atoms with Crippen LogP contribution in [-0.2, 0) is 35.1 Å². The molecule has 4 amide bonds. The second-order valence-electron chi connectivity index (χ2n) is 7.46. The van der Waals surface area contributed by atoms with Crippen molar-refractivity contribution in [3.05, 3.63) is 16.6 Å². The lowest BCUT2D eigenvalue weighted by Crippen LogP contribution is -2.57. The number of cyclic esters (lactones) is 1. The van der Waals surface area contributed by atoms with Crippen molar-refractivity contribution in [2.75, 3.05) is 20.2 Å². The highest BCUT2D eigenvalue weighted by Crippen LogP contribution is 2.20. The first-order chi connectivity index (χ1) is 15.3. The van der Waals surface area contributed by atoms with E-state index in [1.54, 1.807) is 17.8 Å². The number of carbonyl (C=O) groups excluding carboxylic acids is 5. The highest BCUT2D eigenvalue weighted by Gasteiger charge is 2.41. The first-order valence-corrected chi connectivity index (χ1v) is 11.0. The van der Waals surface area contributed by atoms with E-state index < -0.39 is 54.0 Å². The largest absolute Gasteiger partial charge is 0.468 e. The monoisotopic (exact) mass is 467 g/mol. The Hall–Kier alpha value is -3.22. The van der Waals surface area contributed by atoms with E-state index in [1.165, 1.54) is 23.3 Å². The van der Waals surface area contributed by atoms with Gasteiger partial charge in [-0.3, -0.25) is 19.2 Å². The number of thiazole rings is 1.